The van der Waals surface area contributed by atoms with Crippen molar-refractivity contribution < 1.29 is 12.8 Å². The molecule has 1 aliphatic rings. The number of fused-ring (bicyclic) bond motifs is 1. The van der Waals surface area contributed by atoms with E-state index in [2.05, 4.69) is 20.2 Å². The molecule has 0 saturated carbocycles. The van der Waals surface area contributed by atoms with Gasteiger partial charge in [-0.05, 0) is 19.1 Å². The molecule has 112 valence electrons. The highest BCUT2D eigenvalue weighted by atomic mass is 32.2. The molecule has 6 nitrogen and oxygen atoms in total. The van der Waals surface area contributed by atoms with Crippen LogP contribution >= 0.6 is 0 Å². The number of aromatic nitrogens is 2. The summed E-state index contributed by atoms with van der Waals surface area (Å²) < 4.78 is 40.8. The third-order valence-corrected chi connectivity index (χ3v) is 5.03. The zero-order valence-electron chi connectivity index (χ0n) is 11.4. The highest BCUT2D eigenvalue weighted by Crippen LogP contribution is 2.24. The van der Waals surface area contributed by atoms with Gasteiger partial charge in [-0.1, -0.05) is 6.07 Å². The molecule has 0 saturated heterocycles. The van der Waals surface area contributed by atoms with Crippen LogP contribution in [0, 0.1) is 12.7 Å². The van der Waals surface area contributed by atoms with Gasteiger partial charge in [0.15, 0.2) is 5.82 Å². The van der Waals surface area contributed by atoms with Gasteiger partial charge >= 0.3 is 0 Å². The van der Waals surface area contributed by atoms with Crippen LogP contribution in [0.5, 0.6) is 0 Å². The van der Waals surface area contributed by atoms with E-state index < -0.39 is 15.8 Å². The summed E-state index contributed by atoms with van der Waals surface area (Å²) in [6.45, 7) is 2.81. The Labute approximate surface area is 121 Å². The van der Waals surface area contributed by atoms with E-state index in [-0.39, 0.29) is 16.3 Å². The lowest BCUT2D eigenvalue weighted by atomic mass is 10.1. The van der Waals surface area contributed by atoms with E-state index in [9.17, 15) is 12.8 Å². The minimum Gasteiger partial charge on any atom is -0.312 e. The van der Waals surface area contributed by atoms with Gasteiger partial charge in [0.1, 0.15) is 5.82 Å². The topological polar surface area (TPSA) is 86.9 Å². The first kappa shape index (κ1) is 14.0. The van der Waals surface area contributed by atoms with Crippen LogP contribution in [-0.2, 0) is 23.0 Å². The van der Waals surface area contributed by atoms with Crippen LogP contribution in [0.3, 0.4) is 0 Å². The first-order chi connectivity index (χ1) is 9.99. The molecule has 0 bridgehead atoms. The van der Waals surface area contributed by atoms with E-state index in [4.69, 9.17) is 0 Å². The number of nitrogens with zero attached hydrogens (tertiary/aromatic N) is 1. The Hall–Kier alpha value is -1.93. The van der Waals surface area contributed by atoms with Crippen LogP contribution in [0.4, 0.5) is 10.2 Å². The Morgan fingerprint density at radius 3 is 3.00 bits per heavy atom. The molecule has 8 heteroatoms. The predicted octanol–water partition coefficient (Wildman–Crippen LogP) is 1.30. The minimum atomic E-state index is -3.87. The second kappa shape index (κ2) is 5.12. The number of hydrogen-bond donors (Lipinski definition) is 3. The van der Waals surface area contributed by atoms with Gasteiger partial charge in [-0.2, -0.15) is 5.10 Å². The van der Waals surface area contributed by atoms with Crippen LogP contribution in [0.15, 0.2) is 23.1 Å². The molecule has 0 spiro atoms. The smallest absolute Gasteiger partial charge is 0.263 e. The number of rotatable bonds is 3. The number of hydrogen-bond acceptors (Lipinski definition) is 4. The Balaban J connectivity index is 1.97. The van der Waals surface area contributed by atoms with E-state index in [1.165, 1.54) is 25.1 Å². The summed E-state index contributed by atoms with van der Waals surface area (Å²) in [6.07, 6.45) is 0.767. The molecular weight excluding hydrogens is 295 g/mol. The lowest BCUT2D eigenvalue weighted by Gasteiger charge is -2.14. The normalized spacial score (nSPS) is 14.8. The van der Waals surface area contributed by atoms with Gasteiger partial charge in [0.05, 0.1) is 4.90 Å². The number of nitrogens with one attached hydrogen (secondary N) is 3. The highest BCUT2D eigenvalue weighted by Gasteiger charge is 2.23. The Morgan fingerprint density at radius 1 is 1.38 bits per heavy atom. The molecule has 0 aliphatic carbocycles. The maximum absolute atomic E-state index is 13.5. The van der Waals surface area contributed by atoms with Crippen LogP contribution in [-0.4, -0.2) is 25.2 Å². The van der Waals surface area contributed by atoms with Crippen molar-refractivity contribution in [3.05, 3.63) is 40.8 Å². The second-order valence-electron chi connectivity index (χ2n) is 4.92. The fourth-order valence-corrected chi connectivity index (χ4v) is 3.66. The van der Waals surface area contributed by atoms with Crippen molar-refractivity contribution in [1.29, 1.82) is 0 Å². The standard InChI is InChI=1S/C13H15FN4O2S/c1-8-10(14)3-2-4-12(8)21(19,20)18-13-9-7-15-6-5-11(9)16-17-13/h2-4,15H,5-7H2,1H3,(H2,16,17,18). The molecular formula is C13H15FN4O2S. The molecule has 0 atom stereocenters. The van der Waals surface area contributed by atoms with Crippen LogP contribution < -0.4 is 10.0 Å². The molecule has 1 aromatic carbocycles. The molecule has 1 aliphatic heterocycles. The van der Waals surface area contributed by atoms with Crippen LogP contribution in [0.25, 0.3) is 0 Å². The van der Waals surface area contributed by atoms with Gasteiger partial charge in [-0.3, -0.25) is 9.82 Å². The first-order valence-corrected chi connectivity index (χ1v) is 8.02. The van der Waals surface area contributed by atoms with Crippen molar-refractivity contribution in [3.63, 3.8) is 0 Å². The van der Waals surface area contributed by atoms with E-state index in [1.807, 2.05) is 0 Å². The average Bonchev–Trinajstić information content (AvgIpc) is 2.84. The molecule has 21 heavy (non-hydrogen) atoms. The maximum atomic E-state index is 13.5. The monoisotopic (exact) mass is 310 g/mol. The zero-order chi connectivity index (χ0) is 15.0. The molecule has 1 aromatic heterocycles. The number of anilines is 1. The minimum absolute atomic E-state index is 0.0805. The molecule has 3 N–H and O–H groups in total. The van der Waals surface area contributed by atoms with E-state index >= 15 is 0 Å². The SMILES string of the molecule is Cc1c(F)cccc1S(=O)(=O)Nc1n[nH]c2c1CNCC2. The largest absolute Gasteiger partial charge is 0.312 e. The van der Waals surface area contributed by atoms with Crippen LogP contribution in [0.2, 0.25) is 0 Å². The van der Waals surface area contributed by atoms with Crippen molar-refractivity contribution in [2.45, 2.75) is 24.8 Å². The van der Waals surface area contributed by atoms with Crippen molar-refractivity contribution in [2.24, 2.45) is 0 Å². The lowest BCUT2D eigenvalue weighted by Crippen LogP contribution is -2.24. The summed E-state index contributed by atoms with van der Waals surface area (Å²) in [4.78, 5) is -0.0805. The van der Waals surface area contributed by atoms with Gasteiger partial charge in [0, 0.05) is 36.3 Å². The van der Waals surface area contributed by atoms with E-state index in [0.717, 1.165) is 24.2 Å². The summed E-state index contributed by atoms with van der Waals surface area (Å²) >= 11 is 0. The Morgan fingerprint density at radius 2 is 2.19 bits per heavy atom. The molecule has 0 fully saturated rings. The van der Waals surface area contributed by atoms with Gasteiger partial charge in [-0.25, -0.2) is 12.8 Å². The number of aromatic amines is 1. The molecule has 3 rings (SSSR count). The first-order valence-electron chi connectivity index (χ1n) is 6.54. The fraction of sp³-hybridized carbons (Fsp3) is 0.308. The Kier molecular flexibility index (Phi) is 3.42. The van der Waals surface area contributed by atoms with Crippen molar-refractivity contribution in [2.75, 3.05) is 11.3 Å². The predicted molar refractivity (Wildman–Crippen MR) is 75.9 cm³/mol. The summed E-state index contributed by atoms with van der Waals surface area (Å²) in [5.41, 5.74) is 1.81. The fourth-order valence-electron chi connectivity index (χ4n) is 2.37. The van der Waals surface area contributed by atoms with Crippen molar-refractivity contribution in [3.8, 4) is 0 Å². The average molecular weight is 310 g/mol. The van der Waals surface area contributed by atoms with E-state index in [1.54, 1.807) is 0 Å². The third kappa shape index (κ3) is 2.52. The number of benzene rings is 1. The second-order valence-corrected chi connectivity index (χ2v) is 6.58. The molecule has 2 heterocycles. The van der Waals surface area contributed by atoms with Gasteiger partial charge in [0.2, 0.25) is 0 Å². The van der Waals surface area contributed by atoms with Gasteiger partial charge in [0.25, 0.3) is 10.0 Å². The lowest BCUT2D eigenvalue weighted by molar-refractivity contribution is 0.590. The van der Waals surface area contributed by atoms with Crippen LogP contribution in [0.1, 0.15) is 16.8 Å². The third-order valence-electron chi connectivity index (χ3n) is 3.54. The zero-order valence-corrected chi connectivity index (χ0v) is 12.2. The number of sulfonamides is 1. The number of halogens is 1. The summed E-state index contributed by atoms with van der Waals surface area (Å²) in [6, 6.07) is 3.98. The summed E-state index contributed by atoms with van der Waals surface area (Å²) in [5.74, 6) is -0.288. The highest BCUT2D eigenvalue weighted by molar-refractivity contribution is 7.92. The van der Waals surface area contributed by atoms with Crippen molar-refractivity contribution >= 4 is 15.8 Å². The van der Waals surface area contributed by atoms with Gasteiger partial charge in [-0.15, -0.1) is 0 Å². The summed E-state index contributed by atoms with van der Waals surface area (Å²) in [7, 11) is -3.87. The van der Waals surface area contributed by atoms with E-state index in [0.29, 0.717) is 6.54 Å². The molecule has 0 radical (unpaired) electrons. The summed E-state index contributed by atoms with van der Waals surface area (Å²) in [5, 5.41) is 10.0. The molecule has 0 amide bonds. The quantitative estimate of drug-likeness (QED) is 0.797. The molecule has 2 aromatic rings. The van der Waals surface area contributed by atoms with Crippen molar-refractivity contribution in [1.82, 2.24) is 15.5 Å². The van der Waals surface area contributed by atoms with Gasteiger partial charge < -0.3 is 5.32 Å². The number of H-pyrrole nitrogens is 1. The Bertz CT molecular complexity index is 785. The molecule has 0 unspecified atom stereocenters. The maximum Gasteiger partial charge on any atom is 0.263 e.